The van der Waals surface area contributed by atoms with Gasteiger partial charge in [0, 0.05) is 11.6 Å². The molecule has 7 nitrogen and oxygen atoms in total. The molecule has 5 atom stereocenters. The first kappa shape index (κ1) is 24.6. The van der Waals surface area contributed by atoms with Crippen LogP contribution in [0.15, 0.2) is 0 Å². The number of carboxylic acid groups (broad SMARTS) is 1. The standard InChI is InChI=1S/C23H40N2O5/c1-7-11-18(22(29)30-8-2)25(23(4,5)6)15(3)20(26)24-17-13-10-9-12-16(17)14-19(24)21(27)28/h15-19H,7-14H2,1-6H3,(H,27,28). The van der Waals surface area contributed by atoms with E-state index >= 15 is 0 Å². The lowest BCUT2D eigenvalue weighted by Crippen LogP contribution is -2.62. The Bertz CT molecular complexity index is 630. The number of carbonyl (C=O) groups is 3. The Morgan fingerprint density at radius 3 is 2.33 bits per heavy atom. The van der Waals surface area contributed by atoms with Gasteiger partial charge in [0.1, 0.15) is 12.1 Å². The van der Waals surface area contributed by atoms with E-state index in [4.69, 9.17) is 4.74 Å². The van der Waals surface area contributed by atoms with Crippen LogP contribution in [0.2, 0.25) is 0 Å². The van der Waals surface area contributed by atoms with Gasteiger partial charge in [-0.05, 0) is 66.2 Å². The van der Waals surface area contributed by atoms with Crippen LogP contribution in [-0.4, -0.2) is 69.1 Å². The van der Waals surface area contributed by atoms with Gasteiger partial charge in [-0.25, -0.2) is 4.79 Å². The largest absolute Gasteiger partial charge is 0.480 e. The van der Waals surface area contributed by atoms with E-state index in [2.05, 4.69) is 0 Å². The van der Waals surface area contributed by atoms with E-state index < -0.39 is 29.6 Å². The molecule has 1 saturated heterocycles. The highest BCUT2D eigenvalue weighted by atomic mass is 16.5. The molecule has 0 spiro atoms. The number of carboxylic acids is 1. The lowest BCUT2D eigenvalue weighted by atomic mass is 9.84. The zero-order valence-electron chi connectivity index (χ0n) is 19.5. The molecule has 0 aromatic carbocycles. The molecule has 172 valence electrons. The molecule has 5 unspecified atom stereocenters. The predicted octanol–water partition coefficient (Wildman–Crippen LogP) is 3.45. The molecule has 1 aliphatic carbocycles. The zero-order valence-corrected chi connectivity index (χ0v) is 19.5. The first-order valence-corrected chi connectivity index (χ1v) is 11.5. The van der Waals surface area contributed by atoms with Gasteiger partial charge in [0.15, 0.2) is 0 Å². The minimum Gasteiger partial charge on any atom is -0.480 e. The van der Waals surface area contributed by atoms with Crippen molar-refractivity contribution in [2.24, 2.45) is 5.92 Å². The number of amides is 1. The van der Waals surface area contributed by atoms with Gasteiger partial charge in [-0.2, -0.15) is 0 Å². The SMILES string of the molecule is CCCC(C(=O)OCC)N(C(C)C(=O)N1C(C(=O)O)CC2CCCCC21)C(C)(C)C. The van der Waals surface area contributed by atoms with Crippen molar-refractivity contribution in [2.75, 3.05) is 6.61 Å². The highest BCUT2D eigenvalue weighted by molar-refractivity contribution is 5.88. The lowest BCUT2D eigenvalue weighted by Gasteiger charge is -2.46. The van der Waals surface area contributed by atoms with Crippen LogP contribution in [0.3, 0.4) is 0 Å². The monoisotopic (exact) mass is 424 g/mol. The Kier molecular flexibility index (Phi) is 8.31. The van der Waals surface area contributed by atoms with E-state index in [0.717, 1.165) is 32.1 Å². The maximum Gasteiger partial charge on any atom is 0.326 e. The number of likely N-dealkylation sites (tertiary alicyclic amines) is 1. The number of esters is 1. The molecular formula is C23H40N2O5. The summed E-state index contributed by atoms with van der Waals surface area (Å²) >= 11 is 0. The van der Waals surface area contributed by atoms with Gasteiger partial charge in [0.2, 0.25) is 5.91 Å². The maximum atomic E-state index is 13.8. The number of ether oxygens (including phenoxy) is 1. The molecule has 0 aromatic heterocycles. The minimum atomic E-state index is -0.928. The Morgan fingerprint density at radius 1 is 1.17 bits per heavy atom. The number of rotatable bonds is 8. The Hall–Kier alpha value is -1.63. The summed E-state index contributed by atoms with van der Waals surface area (Å²) in [6, 6.07) is -1.94. The molecule has 1 amide bonds. The zero-order chi connectivity index (χ0) is 22.6. The molecule has 0 radical (unpaired) electrons. The fourth-order valence-electron chi connectivity index (χ4n) is 5.53. The van der Waals surface area contributed by atoms with Gasteiger partial charge in [-0.1, -0.05) is 26.2 Å². The summed E-state index contributed by atoms with van der Waals surface area (Å²) in [5, 5.41) is 9.83. The van der Waals surface area contributed by atoms with Crippen molar-refractivity contribution in [2.45, 2.75) is 116 Å². The van der Waals surface area contributed by atoms with Gasteiger partial charge < -0.3 is 14.7 Å². The van der Waals surface area contributed by atoms with Crippen molar-refractivity contribution in [1.82, 2.24) is 9.80 Å². The van der Waals surface area contributed by atoms with Gasteiger partial charge in [0.25, 0.3) is 0 Å². The molecule has 0 bridgehead atoms. The number of hydrogen-bond acceptors (Lipinski definition) is 5. The molecular weight excluding hydrogens is 384 g/mol. The lowest BCUT2D eigenvalue weighted by molar-refractivity contribution is -0.161. The molecule has 1 saturated carbocycles. The van der Waals surface area contributed by atoms with Gasteiger partial charge in [-0.15, -0.1) is 0 Å². The molecule has 2 rings (SSSR count). The van der Waals surface area contributed by atoms with E-state index in [9.17, 15) is 19.5 Å². The van der Waals surface area contributed by atoms with Gasteiger partial charge in [0.05, 0.1) is 12.6 Å². The summed E-state index contributed by atoms with van der Waals surface area (Å²) in [6.45, 7) is 11.8. The third kappa shape index (κ3) is 5.16. The summed E-state index contributed by atoms with van der Waals surface area (Å²) in [4.78, 5) is 42.1. The van der Waals surface area contributed by atoms with Gasteiger partial charge in [-0.3, -0.25) is 14.5 Å². The maximum absolute atomic E-state index is 13.8. The first-order valence-electron chi connectivity index (χ1n) is 11.5. The van der Waals surface area contributed by atoms with Crippen LogP contribution < -0.4 is 0 Å². The second-order valence-electron chi connectivity index (χ2n) is 9.76. The van der Waals surface area contributed by atoms with Gasteiger partial charge >= 0.3 is 11.9 Å². The smallest absolute Gasteiger partial charge is 0.326 e. The molecule has 0 aromatic rings. The number of nitrogens with zero attached hydrogens (tertiary/aromatic N) is 2. The third-order valence-corrected chi connectivity index (χ3v) is 6.63. The highest BCUT2D eigenvalue weighted by Gasteiger charge is 2.50. The van der Waals surface area contributed by atoms with Crippen LogP contribution in [0.1, 0.15) is 86.5 Å². The highest BCUT2D eigenvalue weighted by Crippen LogP contribution is 2.41. The normalized spacial score (nSPS) is 26.2. The van der Waals surface area contributed by atoms with E-state index in [1.165, 1.54) is 0 Å². The van der Waals surface area contributed by atoms with E-state index in [0.29, 0.717) is 12.8 Å². The Labute approximate surface area is 181 Å². The summed E-state index contributed by atoms with van der Waals surface area (Å²) < 4.78 is 5.33. The average Bonchev–Trinajstić information content (AvgIpc) is 3.06. The van der Waals surface area contributed by atoms with Crippen LogP contribution in [0.25, 0.3) is 0 Å². The van der Waals surface area contributed by atoms with Crippen molar-refractivity contribution in [3.8, 4) is 0 Å². The Balaban J connectivity index is 2.38. The van der Waals surface area contributed by atoms with Crippen molar-refractivity contribution in [1.29, 1.82) is 0 Å². The van der Waals surface area contributed by atoms with Crippen LogP contribution in [-0.2, 0) is 19.1 Å². The quantitative estimate of drug-likeness (QED) is 0.601. The Morgan fingerprint density at radius 2 is 1.80 bits per heavy atom. The van der Waals surface area contributed by atoms with Crippen LogP contribution in [0, 0.1) is 5.92 Å². The van der Waals surface area contributed by atoms with E-state index in [-0.39, 0.29) is 30.4 Å². The molecule has 2 fully saturated rings. The summed E-state index contributed by atoms with van der Waals surface area (Å²) in [5.74, 6) is -1.17. The van der Waals surface area contributed by atoms with Crippen LogP contribution in [0.5, 0.6) is 0 Å². The topological polar surface area (TPSA) is 87.2 Å². The molecule has 1 aliphatic heterocycles. The molecule has 1 heterocycles. The predicted molar refractivity (Wildman–Crippen MR) is 115 cm³/mol. The molecule has 2 aliphatic rings. The van der Waals surface area contributed by atoms with Crippen LogP contribution >= 0.6 is 0 Å². The number of carbonyl (C=O) groups excluding carboxylic acids is 2. The second kappa shape index (κ2) is 10.1. The number of fused-ring (bicyclic) bond motifs is 1. The van der Waals surface area contributed by atoms with Crippen molar-refractivity contribution in [3.63, 3.8) is 0 Å². The molecule has 30 heavy (non-hydrogen) atoms. The fourth-order valence-corrected chi connectivity index (χ4v) is 5.53. The molecule has 7 heteroatoms. The first-order chi connectivity index (χ1) is 14.0. The number of aliphatic carboxylic acids is 1. The molecule has 1 N–H and O–H groups in total. The fraction of sp³-hybridized carbons (Fsp3) is 0.870. The van der Waals surface area contributed by atoms with Crippen molar-refractivity contribution in [3.05, 3.63) is 0 Å². The third-order valence-electron chi connectivity index (χ3n) is 6.63. The minimum absolute atomic E-state index is 0.0103. The average molecular weight is 425 g/mol. The van der Waals surface area contributed by atoms with Crippen molar-refractivity contribution >= 4 is 17.8 Å². The second-order valence-corrected chi connectivity index (χ2v) is 9.76. The van der Waals surface area contributed by atoms with E-state index in [1.807, 2.05) is 39.5 Å². The van der Waals surface area contributed by atoms with E-state index in [1.54, 1.807) is 11.8 Å². The van der Waals surface area contributed by atoms with Crippen LogP contribution in [0.4, 0.5) is 0 Å². The van der Waals surface area contributed by atoms with Crippen molar-refractivity contribution < 1.29 is 24.2 Å². The summed E-state index contributed by atoms with van der Waals surface area (Å²) in [7, 11) is 0. The summed E-state index contributed by atoms with van der Waals surface area (Å²) in [6.07, 6.45) is 5.86. The summed E-state index contributed by atoms with van der Waals surface area (Å²) in [5.41, 5.74) is -0.466. The number of hydrogen-bond donors (Lipinski definition) is 1.